The number of nitrogens with one attached hydrogen (secondary N) is 2. The average molecular weight is 328 g/mol. The third-order valence-corrected chi connectivity index (χ3v) is 3.49. The van der Waals surface area contributed by atoms with Crippen LogP contribution in [-0.4, -0.2) is 35.6 Å². The van der Waals surface area contributed by atoms with Crippen LogP contribution in [0.15, 0.2) is 18.2 Å². The molecule has 7 heteroatoms. The normalized spacial score (nSPS) is 13.5. The fraction of sp³-hybridized carbons (Fsp3) is 0.500. The number of hydrogen-bond donors (Lipinski definition) is 3. The number of aliphatic hydroxyl groups excluding tert-OH is 1. The van der Waals surface area contributed by atoms with E-state index in [1.807, 2.05) is 0 Å². The molecule has 3 N–H and O–H groups in total. The summed E-state index contributed by atoms with van der Waals surface area (Å²) in [5, 5.41) is 14.1. The molecule has 1 aromatic rings. The number of amides is 2. The van der Waals surface area contributed by atoms with Gasteiger partial charge in [0, 0.05) is 0 Å². The minimum absolute atomic E-state index is 0.233. The zero-order valence-electron chi connectivity index (χ0n) is 13.4. The summed E-state index contributed by atoms with van der Waals surface area (Å²) < 4.78 is 27.3. The highest BCUT2D eigenvalue weighted by Crippen LogP contribution is 2.13. The number of carbonyl (C=O) groups is 2. The summed E-state index contributed by atoms with van der Waals surface area (Å²) >= 11 is 0. The SMILES string of the molecule is CCC(CO)NC(=O)C(NC(=O)c1c(F)cccc1F)C(C)C. The molecule has 0 saturated heterocycles. The lowest BCUT2D eigenvalue weighted by atomic mass is 10.0. The predicted molar refractivity (Wildman–Crippen MR) is 81.8 cm³/mol. The first-order valence-corrected chi connectivity index (χ1v) is 7.47. The van der Waals surface area contributed by atoms with Crippen molar-refractivity contribution in [2.24, 2.45) is 5.92 Å². The van der Waals surface area contributed by atoms with Gasteiger partial charge in [0.2, 0.25) is 5.91 Å². The minimum Gasteiger partial charge on any atom is -0.394 e. The Kier molecular flexibility index (Phi) is 7.09. The van der Waals surface area contributed by atoms with E-state index in [-0.39, 0.29) is 12.5 Å². The maximum Gasteiger partial charge on any atom is 0.257 e. The third kappa shape index (κ3) is 4.99. The van der Waals surface area contributed by atoms with Gasteiger partial charge in [-0.15, -0.1) is 0 Å². The number of benzene rings is 1. The van der Waals surface area contributed by atoms with Crippen molar-refractivity contribution >= 4 is 11.8 Å². The quantitative estimate of drug-likeness (QED) is 0.711. The Balaban J connectivity index is 2.92. The second-order valence-corrected chi connectivity index (χ2v) is 5.59. The van der Waals surface area contributed by atoms with Crippen LogP contribution in [0.3, 0.4) is 0 Å². The van der Waals surface area contributed by atoms with Crippen LogP contribution in [0.25, 0.3) is 0 Å². The zero-order chi connectivity index (χ0) is 17.6. The molecule has 0 heterocycles. The van der Waals surface area contributed by atoms with Crippen LogP contribution in [-0.2, 0) is 4.79 Å². The highest BCUT2D eigenvalue weighted by molar-refractivity contribution is 5.98. The summed E-state index contributed by atoms with van der Waals surface area (Å²) in [6.45, 7) is 4.95. The molecule has 0 spiro atoms. The molecule has 0 bridgehead atoms. The molecule has 0 radical (unpaired) electrons. The van der Waals surface area contributed by atoms with Gasteiger partial charge < -0.3 is 15.7 Å². The summed E-state index contributed by atoms with van der Waals surface area (Å²) in [6.07, 6.45) is 0.517. The van der Waals surface area contributed by atoms with Crippen molar-refractivity contribution in [1.82, 2.24) is 10.6 Å². The number of rotatable bonds is 7. The van der Waals surface area contributed by atoms with Crippen molar-refractivity contribution < 1.29 is 23.5 Å². The Morgan fingerprint density at radius 3 is 2.17 bits per heavy atom. The Bertz CT molecular complexity index is 540. The molecule has 23 heavy (non-hydrogen) atoms. The molecule has 2 unspecified atom stereocenters. The van der Waals surface area contributed by atoms with Crippen molar-refractivity contribution in [2.45, 2.75) is 39.3 Å². The summed E-state index contributed by atoms with van der Waals surface area (Å²) in [5.41, 5.74) is -0.722. The minimum atomic E-state index is -0.994. The fourth-order valence-corrected chi connectivity index (χ4v) is 2.03. The summed E-state index contributed by atoms with van der Waals surface area (Å²) in [6, 6.07) is 1.69. The van der Waals surface area contributed by atoms with E-state index in [0.29, 0.717) is 6.42 Å². The molecule has 5 nitrogen and oxygen atoms in total. The summed E-state index contributed by atoms with van der Waals surface area (Å²) in [7, 11) is 0. The second-order valence-electron chi connectivity index (χ2n) is 5.59. The molecule has 1 aromatic carbocycles. The Morgan fingerprint density at radius 1 is 1.17 bits per heavy atom. The molecule has 0 aromatic heterocycles. The lowest BCUT2D eigenvalue weighted by Crippen LogP contribution is -2.52. The number of halogens is 2. The van der Waals surface area contributed by atoms with Gasteiger partial charge in [-0.05, 0) is 24.5 Å². The van der Waals surface area contributed by atoms with Crippen molar-refractivity contribution in [2.75, 3.05) is 6.61 Å². The first kappa shape index (κ1) is 19.0. The number of carbonyl (C=O) groups excluding carboxylic acids is 2. The van der Waals surface area contributed by atoms with E-state index in [2.05, 4.69) is 10.6 Å². The Hall–Kier alpha value is -2.02. The van der Waals surface area contributed by atoms with Gasteiger partial charge in [0.05, 0.1) is 12.6 Å². The lowest BCUT2D eigenvalue weighted by Gasteiger charge is -2.24. The molecule has 2 amide bonds. The van der Waals surface area contributed by atoms with E-state index in [4.69, 9.17) is 5.11 Å². The Morgan fingerprint density at radius 2 is 1.74 bits per heavy atom. The first-order chi connectivity index (χ1) is 10.8. The molecule has 0 aliphatic carbocycles. The smallest absolute Gasteiger partial charge is 0.257 e. The second kappa shape index (κ2) is 8.57. The molecule has 2 atom stereocenters. The van der Waals surface area contributed by atoms with E-state index in [9.17, 15) is 18.4 Å². The molecule has 0 fully saturated rings. The van der Waals surface area contributed by atoms with E-state index in [1.165, 1.54) is 0 Å². The summed E-state index contributed by atoms with van der Waals surface area (Å²) in [4.78, 5) is 24.3. The molecule has 1 rings (SSSR count). The summed E-state index contributed by atoms with van der Waals surface area (Å²) in [5.74, 6) is -3.79. The van der Waals surface area contributed by atoms with Crippen LogP contribution in [0.5, 0.6) is 0 Å². The van der Waals surface area contributed by atoms with E-state index < -0.39 is 41.1 Å². The average Bonchev–Trinajstić information content (AvgIpc) is 2.49. The number of aliphatic hydroxyl groups is 1. The van der Waals surface area contributed by atoms with Crippen molar-refractivity contribution in [3.63, 3.8) is 0 Å². The number of hydrogen-bond acceptors (Lipinski definition) is 3. The Labute approximate surface area is 134 Å². The maximum absolute atomic E-state index is 13.6. The van der Waals surface area contributed by atoms with Crippen LogP contribution < -0.4 is 10.6 Å². The lowest BCUT2D eigenvalue weighted by molar-refractivity contribution is -0.125. The molecule has 128 valence electrons. The monoisotopic (exact) mass is 328 g/mol. The maximum atomic E-state index is 13.6. The van der Waals surface area contributed by atoms with Gasteiger partial charge >= 0.3 is 0 Å². The van der Waals surface area contributed by atoms with Gasteiger partial charge in [-0.2, -0.15) is 0 Å². The van der Waals surface area contributed by atoms with Gasteiger partial charge in [0.25, 0.3) is 5.91 Å². The van der Waals surface area contributed by atoms with Gasteiger partial charge in [0.1, 0.15) is 23.2 Å². The van der Waals surface area contributed by atoms with Crippen LogP contribution >= 0.6 is 0 Å². The molecular formula is C16H22F2N2O3. The largest absolute Gasteiger partial charge is 0.394 e. The van der Waals surface area contributed by atoms with Gasteiger partial charge in [-0.25, -0.2) is 8.78 Å². The highest BCUT2D eigenvalue weighted by Gasteiger charge is 2.28. The first-order valence-electron chi connectivity index (χ1n) is 7.47. The van der Waals surface area contributed by atoms with Gasteiger partial charge in [-0.3, -0.25) is 9.59 Å². The van der Waals surface area contributed by atoms with Crippen LogP contribution in [0.4, 0.5) is 8.78 Å². The standard InChI is InChI=1S/C16H22F2N2O3/c1-4-10(8-21)19-16(23)14(9(2)3)20-15(22)13-11(17)6-5-7-12(13)18/h5-7,9-10,14,21H,4,8H2,1-3H3,(H,19,23)(H,20,22). The molecule has 0 aliphatic heterocycles. The molecule has 0 saturated carbocycles. The van der Waals surface area contributed by atoms with Crippen LogP contribution in [0.2, 0.25) is 0 Å². The molecular weight excluding hydrogens is 306 g/mol. The fourth-order valence-electron chi connectivity index (χ4n) is 2.03. The topological polar surface area (TPSA) is 78.4 Å². The third-order valence-electron chi connectivity index (χ3n) is 3.49. The van der Waals surface area contributed by atoms with E-state index in [0.717, 1.165) is 18.2 Å². The van der Waals surface area contributed by atoms with Crippen LogP contribution in [0, 0.1) is 17.6 Å². The zero-order valence-corrected chi connectivity index (χ0v) is 13.4. The highest BCUT2D eigenvalue weighted by atomic mass is 19.1. The van der Waals surface area contributed by atoms with E-state index in [1.54, 1.807) is 20.8 Å². The van der Waals surface area contributed by atoms with Crippen molar-refractivity contribution in [3.05, 3.63) is 35.4 Å². The molecule has 0 aliphatic rings. The van der Waals surface area contributed by atoms with Gasteiger partial charge in [0.15, 0.2) is 0 Å². The van der Waals surface area contributed by atoms with Crippen molar-refractivity contribution in [1.29, 1.82) is 0 Å². The van der Waals surface area contributed by atoms with E-state index >= 15 is 0 Å². The predicted octanol–water partition coefficient (Wildman–Crippen LogP) is 1.61. The van der Waals surface area contributed by atoms with Crippen LogP contribution in [0.1, 0.15) is 37.6 Å². The van der Waals surface area contributed by atoms with Crippen molar-refractivity contribution in [3.8, 4) is 0 Å². The van der Waals surface area contributed by atoms with Gasteiger partial charge in [-0.1, -0.05) is 26.8 Å².